The van der Waals surface area contributed by atoms with Crippen LogP contribution in [0.25, 0.3) is 0 Å². The number of rotatable bonds is 5. The Morgan fingerprint density at radius 2 is 1.78 bits per heavy atom. The van der Waals surface area contributed by atoms with E-state index in [1.807, 2.05) is 39.0 Å². The Balaban J connectivity index is 1.54. The maximum absolute atomic E-state index is 14.1. The number of allylic oxidation sites excluding steroid dienone is 3. The van der Waals surface area contributed by atoms with Crippen molar-refractivity contribution in [1.29, 1.82) is 0 Å². The molecule has 51 heavy (non-hydrogen) atoms. The van der Waals surface area contributed by atoms with Gasteiger partial charge in [0.15, 0.2) is 17.9 Å². The summed E-state index contributed by atoms with van der Waals surface area (Å²) in [6.07, 6.45) is 12.1. The van der Waals surface area contributed by atoms with Crippen LogP contribution in [-0.2, 0) is 38.0 Å². The Morgan fingerprint density at radius 3 is 2.49 bits per heavy atom. The van der Waals surface area contributed by atoms with Crippen LogP contribution < -0.4 is 0 Å². The predicted octanol–water partition coefficient (Wildman–Crippen LogP) is 6.06. The summed E-state index contributed by atoms with van der Waals surface area (Å²) in [5, 5.41) is 22.7. The Hall–Kier alpha value is -2.44. The standard InChI is InChI=1S/C41H60O10/c1-10-23(2)38-26(5)16-17-40(51-38)21-31-19-30(50-40)15-14-25(4)37(49-35-20-34(46-9)36(43)29(8)47-35)24(3)12-11-13-28(7)41(45)22-33(42)27(6)18-32(41)39(44)48-31/h11-14,16-18,23-24,26,29-32,34-38,43,45H,10,15,19-22H2,1-9H3. The lowest BCUT2D eigenvalue weighted by Gasteiger charge is -2.48. The van der Waals surface area contributed by atoms with Crippen molar-refractivity contribution in [3.8, 4) is 0 Å². The SMILES string of the molecule is CCC(C)C1OC2(C=CC1C)CC1CC(CC=C(C)C(OC3CC(OC)C(O)C(C)O3)C(C)C=CC=C(C)C3(O)CC(=O)C(C)=CC3C(=O)O1)O2. The van der Waals surface area contributed by atoms with Crippen LogP contribution >= 0.6 is 0 Å². The fraction of sp³-hybridized carbons (Fsp3) is 0.707. The Bertz CT molecular complexity index is 1430. The lowest BCUT2D eigenvalue weighted by molar-refractivity contribution is -0.300. The normalized spacial score (nSPS) is 43.1. The number of hydrogen-bond donors (Lipinski definition) is 2. The van der Waals surface area contributed by atoms with E-state index in [4.69, 9.17) is 28.4 Å². The van der Waals surface area contributed by atoms with Gasteiger partial charge in [0.2, 0.25) is 0 Å². The molecule has 5 rings (SSSR count). The quantitative estimate of drug-likeness (QED) is 0.256. The van der Waals surface area contributed by atoms with E-state index < -0.39 is 60.1 Å². The van der Waals surface area contributed by atoms with Crippen molar-refractivity contribution < 1.29 is 48.2 Å². The average Bonchev–Trinajstić information content (AvgIpc) is 3.09. The van der Waals surface area contributed by atoms with E-state index in [-0.39, 0.29) is 42.2 Å². The van der Waals surface area contributed by atoms with Crippen molar-refractivity contribution in [2.24, 2.45) is 23.7 Å². The van der Waals surface area contributed by atoms with Crippen molar-refractivity contribution in [3.63, 3.8) is 0 Å². The average molecular weight is 713 g/mol. The maximum Gasteiger partial charge on any atom is 0.316 e. The number of aliphatic hydroxyl groups is 2. The molecule has 10 nitrogen and oxygen atoms in total. The first-order valence-electron chi connectivity index (χ1n) is 18.8. The van der Waals surface area contributed by atoms with Crippen molar-refractivity contribution in [3.05, 3.63) is 59.3 Å². The van der Waals surface area contributed by atoms with Crippen LogP contribution in [0, 0.1) is 23.7 Å². The number of methoxy groups -OCH3 is 1. The molecule has 2 N–H and O–H groups in total. The summed E-state index contributed by atoms with van der Waals surface area (Å²) in [6.45, 7) is 15.8. The molecule has 2 saturated heterocycles. The van der Waals surface area contributed by atoms with Gasteiger partial charge in [0.05, 0.1) is 30.5 Å². The molecule has 14 unspecified atom stereocenters. The number of carbonyl (C=O) groups excluding carboxylic acids is 2. The fourth-order valence-corrected chi connectivity index (χ4v) is 8.19. The van der Waals surface area contributed by atoms with Gasteiger partial charge in [0.25, 0.3) is 0 Å². The van der Waals surface area contributed by atoms with Crippen LogP contribution in [0.4, 0.5) is 0 Å². The molecule has 0 aromatic heterocycles. The summed E-state index contributed by atoms with van der Waals surface area (Å²) in [4.78, 5) is 27.0. The topological polar surface area (TPSA) is 130 Å². The van der Waals surface area contributed by atoms with Crippen molar-refractivity contribution in [2.45, 2.75) is 154 Å². The van der Waals surface area contributed by atoms with Gasteiger partial charge in [-0.05, 0) is 62.8 Å². The van der Waals surface area contributed by atoms with Crippen molar-refractivity contribution in [2.75, 3.05) is 7.11 Å². The fourth-order valence-electron chi connectivity index (χ4n) is 8.19. The van der Waals surface area contributed by atoms with Gasteiger partial charge in [-0.25, -0.2) is 0 Å². The second-order valence-electron chi connectivity index (χ2n) is 15.7. The first kappa shape index (κ1) is 39.8. The zero-order chi connectivity index (χ0) is 37.2. The molecule has 0 saturated carbocycles. The van der Waals surface area contributed by atoms with E-state index in [0.717, 1.165) is 12.0 Å². The molecule has 0 amide bonds. The summed E-state index contributed by atoms with van der Waals surface area (Å²) in [5.41, 5.74) is 0.124. The third kappa shape index (κ3) is 8.69. The highest BCUT2D eigenvalue weighted by Gasteiger charge is 2.51. The summed E-state index contributed by atoms with van der Waals surface area (Å²) in [7, 11) is 1.58. The molecule has 2 bridgehead atoms. The van der Waals surface area contributed by atoms with Crippen molar-refractivity contribution in [1.82, 2.24) is 0 Å². The highest BCUT2D eigenvalue weighted by Crippen LogP contribution is 2.43. The summed E-state index contributed by atoms with van der Waals surface area (Å²) in [5.74, 6) is -2.61. The van der Waals surface area contributed by atoms with Gasteiger partial charge in [-0.3, -0.25) is 9.59 Å². The zero-order valence-electron chi connectivity index (χ0n) is 31.9. The van der Waals surface area contributed by atoms with Crippen LogP contribution in [-0.4, -0.2) is 89.5 Å². The monoisotopic (exact) mass is 712 g/mol. The number of esters is 1. The highest BCUT2D eigenvalue weighted by molar-refractivity contribution is 5.99. The molecule has 0 aromatic carbocycles. The molecule has 4 heterocycles. The third-order valence-electron chi connectivity index (χ3n) is 11.8. The number of hydrogen-bond acceptors (Lipinski definition) is 10. The number of ketones is 1. The largest absolute Gasteiger partial charge is 0.462 e. The Labute approximate surface area is 303 Å². The second kappa shape index (κ2) is 16.3. The molecule has 1 spiro atoms. The summed E-state index contributed by atoms with van der Waals surface area (Å²) in [6, 6.07) is 0. The van der Waals surface area contributed by atoms with Gasteiger partial charge in [0, 0.05) is 44.6 Å². The third-order valence-corrected chi connectivity index (χ3v) is 11.8. The molecule has 2 fully saturated rings. The first-order chi connectivity index (χ1) is 24.1. The molecule has 14 atom stereocenters. The minimum atomic E-state index is -1.76. The lowest BCUT2D eigenvalue weighted by atomic mass is 9.72. The molecular weight excluding hydrogens is 652 g/mol. The van der Waals surface area contributed by atoms with Crippen molar-refractivity contribution >= 4 is 11.8 Å². The zero-order valence-corrected chi connectivity index (χ0v) is 31.9. The summed E-state index contributed by atoms with van der Waals surface area (Å²) >= 11 is 0. The predicted molar refractivity (Wildman–Crippen MR) is 192 cm³/mol. The van der Waals surface area contributed by atoms with E-state index in [0.29, 0.717) is 36.8 Å². The molecule has 1 aliphatic carbocycles. The summed E-state index contributed by atoms with van der Waals surface area (Å²) < 4.78 is 38.2. The molecule has 10 heteroatoms. The second-order valence-corrected chi connectivity index (χ2v) is 15.7. The van der Waals surface area contributed by atoms with Gasteiger partial charge < -0.3 is 38.6 Å². The van der Waals surface area contributed by atoms with Crippen LogP contribution in [0.1, 0.15) is 93.9 Å². The van der Waals surface area contributed by atoms with E-state index in [1.54, 1.807) is 33.1 Å². The van der Waals surface area contributed by atoms with Crippen LogP contribution in [0.5, 0.6) is 0 Å². The van der Waals surface area contributed by atoms with Crippen LogP contribution in [0.15, 0.2) is 59.3 Å². The molecule has 4 aliphatic heterocycles. The van der Waals surface area contributed by atoms with E-state index >= 15 is 0 Å². The van der Waals surface area contributed by atoms with E-state index in [2.05, 4.69) is 32.9 Å². The Kier molecular flexibility index (Phi) is 12.7. The van der Waals surface area contributed by atoms with E-state index in [9.17, 15) is 19.8 Å². The molecule has 284 valence electrons. The van der Waals surface area contributed by atoms with Gasteiger partial charge >= 0.3 is 5.97 Å². The number of fused-ring (bicyclic) bond motifs is 3. The molecular formula is C41H60O10. The number of ether oxygens (including phenoxy) is 6. The van der Waals surface area contributed by atoms with Crippen LogP contribution in [0.3, 0.4) is 0 Å². The van der Waals surface area contributed by atoms with Gasteiger partial charge in [0.1, 0.15) is 23.7 Å². The number of carbonyl (C=O) groups is 2. The number of Topliss-reactive ketones (excluding diaryl/α,β-unsaturated/α-hetero) is 1. The molecule has 0 radical (unpaired) electrons. The molecule has 0 aromatic rings. The van der Waals surface area contributed by atoms with Gasteiger partial charge in [-0.15, -0.1) is 0 Å². The Morgan fingerprint density at radius 1 is 1.04 bits per heavy atom. The number of aliphatic hydroxyl groups excluding tert-OH is 1. The smallest absolute Gasteiger partial charge is 0.316 e. The minimum Gasteiger partial charge on any atom is -0.462 e. The molecule has 5 aliphatic rings. The minimum absolute atomic E-state index is 0.0733. The highest BCUT2D eigenvalue weighted by atomic mass is 16.7. The van der Waals surface area contributed by atoms with E-state index in [1.165, 1.54) is 0 Å². The van der Waals surface area contributed by atoms with Gasteiger partial charge in [-0.2, -0.15) is 0 Å². The lowest BCUT2D eigenvalue weighted by Crippen LogP contribution is -2.54. The van der Waals surface area contributed by atoms with Crippen LogP contribution in [0.2, 0.25) is 0 Å². The first-order valence-corrected chi connectivity index (χ1v) is 18.8. The van der Waals surface area contributed by atoms with Gasteiger partial charge in [-0.1, -0.05) is 70.6 Å². The maximum atomic E-state index is 14.1.